The van der Waals surface area contributed by atoms with Gasteiger partial charge >= 0.3 is 5.97 Å². The molecule has 0 saturated carbocycles. The van der Waals surface area contributed by atoms with Gasteiger partial charge in [0.05, 0.1) is 0 Å². The maximum absolute atomic E-state index is 10.6. The maximum Gasteiger partial charge on any atom is 0.328 e. The Morgan fingerprint density at radius 1 is 1.29 bits per heavy atom. The van der Waals surface area contributed by atoms with Gasteiger partial charge in [-0.1, -0.05) is 30.4 Å². The number of hydrogen-bond acceptors (Lipinski definition) is 2. The first kappa shape index (κ1) is 18.1. The fourth-order valence-corrected chi connectivity index (χ4v) is 3.07. The highest BCUT2D eigenvalue weighted by atomic mass is 16.4. The van der Waals surface area contributed by atoms with E-state index in [1.165, 1.54) is 34.9 Å². The van der Waals surface area contributed by atoms with Gasteiger partial charge < -0.3 is 10.0 Å². The van der Waals surface area contributed by atoms with Crippen molar-refractivity contribution in [1.29, 1.82) is 0 Å². The quantitative estimate of drug-likeness (QED) is 0.622. The Labute approximate surface area is 145 Å². The molecule has 0 radical (unpaired) electrons. The lowest BCUT2D eigenvalue weighted by atomic mass is 9.96. The largest absolute Gasteiger partial charge is 0.478 e. The summed E-state index contributed by atoms with van der Waals surface area (Å²) in [5.41, 5.74) is 5.90. The zero-order chi connectivity index (χ0) is 17.7. The molecule has 1 aliphatic heterocycles. The number of carbonyl (C=O) groups is 1. The van der Waals surface area contributed by atoms with Crippen molar-refractivity contribution < 1.29 is 9.90 Å². The van der Waals surface area contributed by atoms with Gasteiger partial charge in [0.1, 0.15) is 0 Å². The van der Waals surface area contributed by atoms with Crippen molar-refractivity contribution in [1.82, 2.24) is 0 Å². The minimum atomic E-state index is -0.915. The minimum absolute atomic E-state index is 0.507. The number of rotatable bonds is 5. The van der Waals surface area contributed by atoms with Gasteiger partial charge in [0.2, 0.25) is 0 Å². The number of aryl methyl sites for hydroxylation is 1. The van der Waals surface area contributed by atoms with Gasteiger partial charge in [0.25, 0.3) is 0 Å². The molecule has 128 valence electrons. The number of allylic oxidation sites excluding steroid dienone is 5. The molecule has 3 heteroatoms. The molecule has 1 aromatic rings. The molecule has 3 nitrogen and oxygen atoms in total. The molecular formula is C21H27NO2. The van der Waals surface area contributed by atoms with E-state index in [9.17, 15) is 4.79 Å². The summed E-state index contributed by atoms with van der Waals surface area (Å²) in [6, 6.07) is 7.22. The summed E-state index contributed by atoms with van der Waals surface area (Å²) in [4.78, 5) is 13.1. The van der Waals surface area contributed by atoms with Crippen molar-refractivity contribution in [3.05, 3.63) is 59.2 Å². The molecule has 1 N–H and O–H groups in total. The zero-order valence-electron chi connectivity index (χ0n) is 15.0. The second-order valence-electron chi connectivity index (χ2n) is 6.67. The topological polar surface area (TPSA) is 40.5 Å². The van der Waals surface area contributed by atoms with Crippen molar-refractivity contribution in [2.24, 2.45) is 0 Å². The van der Waals surface area contributed by atoms with Crippen LogP contribution in [0.4, 0.5) is 5.69 Å². The number of carboxylic acids is 1. The number of benzene rings is 1. The summed E-state index contributed by atoms with van der Waals surface area (Å²) < 4.78 is 0. The Hall–Kier alpha value is -2.29. The first-order valence-electron chi connectivity index (χ1n) is 8.54. The monoisotopic (exact) mass is 325 g/mol. The van der Waals surface area contributed by atoms with Crippen LogP contribution in [0.3, 0.4) is 0 Å². The van der Waals surface area contributed by atoms with E-state index in [0.717, 1.165) is 18.5 Å². The smallest absolute Gasteiger partial charge is 0.328 e. The van der Waals surface area contributed by atoms with Crippen molar-refractivity contribution >= 4 is 17.2 Å². The normalized spacial score (nSPS) is 16.0. The second-order valence-corrected chi connectivity index (χ2v) is 6.67. The van der Waals surface area contributed by atoms with Crippen LogP contribution in [0.15, 0.2) is 48.1 Å². The molecule has 2 rings (SSSR count). The van der Waals surface area contributed by atoms with Gasteiger partial charge in [-0.2, -0.15) is 0 Å². The number of anilines is 1. The first-order chi connectivity index (χ1) is 11.4. The molecular weight excluding hydrogens is 298 g/mol. The highest BCUT2D eigenvalue weighted by Gasteiger charge is 2.19. The Morgan fingerprint density at radius 2 is 2.04 bits per heavy atom. The van der Waals surface area contributed by atoms with Gasteiger partial charge in [0, 0.05) is 24.4 Å². The van der Waals surface area contributed by atoms with Crippen molar-refractivity contribution in [3.8, 4) is 0 Å². The Balaban J connectivity index is 2.23. The van der Waals surface area contributed by atoms with Crippen molar-refractivity contribution in [2.75, 3.05) is 11.4 Å². The molecule has 0 unspecified atom stereocenters. The van der Waals surface area contributed by atoms with E-state index in [4.69, 9.17) is 5.11 Å². The van der Waals surface area contributed by atoms with Gasteiger partial charge in [0.15, 0.2) is 0 Å². The molecule has 0 fully saturated rings. The van der Waals surface area contributed by atoms with Crippen LogP contribution in [0.5, 0.6) is 0 Å². The summed E-state index contributed by atoms with van der Waals surface area (Å²) in [6.45, 7) is 9.48. The third kappa shape index (κ3) is 4.60. The van der Waals surface area contributed by atoms with Crippen LogP contribution in [-0.4, -0.2) is 23.7 Å². The van der Waals surface area contributed by atoms with Crippen LogP contribution >= 0.6 is 0 Å². The molecule has 0 aromatic heterocycles. The molecule has 0 spiro atoms. The summed E-state index contributed by atoms with van der Waals surface area (Å²) >= 11 is 0. The lowest BCUT2D eigenvalue weighted by Crippen LogP contribution is -2.35. The lowest BCUT2D eigenvalue weighted by Gasteiger charge is -2.35. The van der Waals surface area contributed by atoms with E-state index in [-0.39, 0.29) is 0 Å². The van der Waals surface area contributed by atoms with E-state index < -0.39 is 5.97 Å². The van der Waals surface area contributed by atoms with Crippen LogP contribution in [0.25, 0.3) is 5.57 Å². The molecule has 1 aliphatic rings. The summed E-state index contributed by atoms with van der Waals surface area (Å²) in [5, 5.41) is 8.72. The predicted molar refractivity (Wildman–Crippen MR) is 101 cm³/mol. The van der Waals surface area contributed by atoms with Crippen molar-refractivity contribution in [2.45, 2.75) is 46.6 Å². The SMILES string of the molecule is CC(C=CC=C(C)c1ccc2c(c1)N(C(C)C)CCC2)=CC(=O)O. The van der Waals surface area contributed by atoms with E-state index in [2.05, 4.69) is 43.9 Å². The molecule has 1 heterocycles. The number of fused-ring (bicyclic) bond motifs is 1. The number of hydrogen-bond donors (Lipinski definition) is 1. The standard InChI is InChI=1S/C21H27NO2/c1-15(2)22-12-6-9-18-10-11-19(14-20(18)22)17(4)8-5-7-16(3)13-21(23)24/h5,7-8,10-11,13-15H,6,9,12H2,1-4H3,(H,23,24). The van der Waals surface area contributed by atoms with Crippen molar-refractivity contribution in [3.63, 3.8) is 0 Å². The van der Waals surface area contributed by atoms with Crippen LogP contribution < -0.4 is 4.90 Å². The molecule has 24 heavy (non-hydrogen) atoms. The zero-order valence-corrected chi connectivity index (χ0v) is 15.0. The fraction of sp³-hybridized carbons (Fsp3) is 0.381. The third-order valence-corrected chi connectivity index (χ3v) is 4.38. The van der Waals surface area contributed by atoms with Crippen LogP contribution in [0.1, 0.15) is 45.2 Å². The van der Waals surface area contributed by atoms with E-state index >= 15 is 0 Å². The van der Waals surface area contributed by atoms with Gasteiger partial charge in [-0.3, -0.25) is 0 Å². The highest BCUT2D eigenvalue weighted by molar-refractivity contribution is 5.81. The maximum atomic E-state index is 10.6. The van der Waals surface area contributed by atoms with Gasteiger partial charge in [-0.15, -0.1) is 0 Å². The van der Waals surface area contributed by atoms with E-state index in [1.54, 1.807) is 6.92 Å². The summed E-state index contributed by atoms with van der Waals surface area (Å²) in [5.74, 6) is -0.915. The Kier molecular flexibility index (Phi) is 6.02. The van der Waals surface area contributed by atoms with Gasteiger partial charge in [-0.05, 0) is 68.9 Å². The van der Waals surface area contributed by atoms with E-state index in [1.807, 2.05) is 18.2 Å². The number of carboxylic acid groups (broad SMARTS) is 1. The average Bonchev–Trinajstić information content (AvgIpc) is 2.52. The predicted octanol–water partition coefficient (Wildman–Crippen LogP) is 4.84. The average molecular weight is 325 g/mol. The summed E-state index contributed by atoms with van der Waals surface area (Å²) in [7, 11) is 0. The molecule has 1 aromatic carbocycles. The highest BCUT2D eigenvalue weighted by Crippen LogP contribution is 2.31. The second kappa shape index (κ2) is 8.00. The molecule has 0 amide bonds. The molecule has 0 bridgehead atoms. The molecule has 0 aliphatic carbocycles. The van der Waals surface area contributed by atoms with Crippen LogP contribution in [0, 0.1) is 0 Å². The number of aliphatic carboxylic acids is 1. The minimum Gasteiger partial charge on any atom is -0.478 e. The van der Waals surface area contributed by atoms with Gasteiger partial charge in [-0.25, -0.2) is 4.79 Å². The lowest BCUT2D eigenvalue weighted by molar-refractivity contribution is -0.131. The van der Waals surface area contributed by atoms with Crippen LogP contribution in [0.2, 0.25) is 0 Å². The first-order valence-corrected chi connectivity index (χ1v) is 8.54. The number of nitrogens with zero attached hydrogens (tertiary/aromatic N) is 1. The molecule has 0 saturated heterocycles. The Bertz CT molecular complexity index is 696. The molecule has 0 atom stereocenters. The third-order valence-electron chi connectivity index (χ3n) is 4.38. The fourth-order valence-electron chi connectivity index (χ4n) is 3.07. The van der Waals surface area contributed by atoms with E-state index in [0.29, 0.717) is 6.04 Å². The van der Waals surface area contributed by atoms with Crippen LogP contribution in [-0.2, 0) is 11.2 Å². The Morgan fingerprint density at radius 3 is 2.71 bits per heavy atom. The summed E-state index contributed by atoms with van der Waals surface area (Å²) in [6.07, 6.45) is 9.33.